The number of carbonyl (C=O) groups is 1. The number of hydrogen-bond acceptors (Lipinski definition) is 7. The van der Waals surface area contributed by atoms with Crippen LogP contribution in [-0.2, 0) is 9.63 Å². The molecule has 1 atom stereocenters. The van der Waals surface area contributed by atoms with E-state index in [9.17, 15) is 4.79 Å². The highest BCUT2D eigenvalue weighted by atomic mass is 16.6. The summed E-state index contributed by atoms with van der Waals surface area (Å²) in [7, 11) is 3.16. The van der Waals surface area contributed by atoms with Gasteiger partial charge < -0.3 is 29.1 Å². The standard InChI is InChI=1S/C20H20N2O6/c1-24-13-4-6-16(25-2)14(10-13)15-11-19(28-22-15)20(23)21-12-3-5-17-18(9-12)27-8-7-26-17/h3-6,9-10,19H,7-8,11H2,1-2H3,(H,21,23)/t19-/m1/s1. The Morgan fingerprint density at radius 1 is 1.07 bits per heavy atom. The fraction of sp³-hybridized carbons (Fsp3) is 0.300. The number of ether oxygens (including phenoxy) is 4. The van der Waals surface area contributed by atoms with E-state index in [1.807, 2.05) is 6.07 Å². The molecule has 0 saturated heterocycles. The minimum absolute atomic E-state index is 0.294. The summed E-state index contributed by atoms with van der Waals surface area (Å²) < 4.78 is 21.7. The van der Waals surface area contributed by atoms with Gasteiger partial charge in [0, 0.05) is 23.7 Å². The topological polar surface area (TPSA) is 87.6 Å². The van der Waals surface area contributed by atoms with Gasteiger partial charge in [0.2, 0.25) is 6.10 Å². The van der Waals surface area contributed by atoms with Crippen LogP contribution in [0.5, 0.6) is 23.0 Å². The molecule has 2 aliphatic rings. The Bertz CT molecular complexity index is 927. The molecule has 0 unspecified atom stereocenters. The number of nitrogens with one attached hydrogen (secondary N) is 1. The fourth-order valence-corrected chi connectivity index (χ4v) is 3.06. The average Bonchev–Trinajstić information content (AvgIpc) is 3.23. The van der Waals surface area contributed by atoms with Crippen molar-refractivity contribution in [3.05, 3.63) is 42.0 Å². The summed E-state index contributed by atoms with van der Waals surface area (Å²) in [4.78, 5) is 18.0. The van der Waals surface area contributed by atoms with E-state index in [-0.39, 0.29) is 5.91 Å². The first-order valence-corrected chi connectivity index (χ1v) is 8.83. The molecule has 0 saturated carbocycles. The number of hydrogen-bond donors (Lipinski definition) is 1. The van der Waals surface area contributed by atoms with Crippen LogP contribution in [0.2, 0.25) is 0 Å². The highest BCUT2D eigenvalue weighted by Gasteiger charge is 2.30. The number of anilines is 1. The number of oxime groups is 1. The lowest BCUT2D eigenvalue weighted by molar-refractivity contribution is -0.125. The van der Waals surface area contributed by atoms with Crippen molar-refractivity contribution in [2.24, 2.45) is 5.16 Å². The molecule has 146 valence electrons. The third-order valence-electron chi connectivity index (χ3n) is 4.49. The van der Waals surface area contributed by atoms with Gasteiger partial charge in [0.15, 0.2) is 11.5 Å². The Morgan fingerprint density at radius 3 is 2.68 bits per heavy atom. The van der Waals surface area contributed by atoms with Crippen LogP contribution in [0.15, 0.2) is 41.6 Å². The molecule has 0 aromatic heterocycles. The van der Waals surface area contributed by atoms with Gasteiger partial charge in [0.05, 0.1) is 19.9 Å². The van der Waals surface area contributed by atoms with Crippen LogP contribution in [0.3, 0.4) is 0 Å². The zero-order chi connectivity index (χ0) is 19.5. The monoisotopic (exact) mass is 384 g/mol. The molecule has 8 nitrogen and oxygen atoms in total. The molecule has 0 spiro atoms. The predicted octanol–water partition coefficient (Wildman–Crippen LogP) is 2.61. The van der Waals surface area contributed by atoms with Crippen LogP contribution < -0.4 is 24.3 Å². The minimum atomic E-state index is -0.737. The van der Waals surface area contributed by atoms with Crippen molar-refractivity contribution in [1.82, 2.24) is 0 Å². The summed E-state index contributed by atoms with van der Waals surface area (Å²) in [5.74, 6) is 2.28. The van der Waals surface area contributed by atoms with E-state index in [2.05, 4.69) is 10.5 Å². The third kappa shape index (κ3) is 3.53. The zero-order valence-corrected chi connectivity index (χ0v) is 15.6. The number of methoxy groups -OCH3 is 2. The van der Waals surface area contributed by atoms with E-state index >= 15 is 0 Å². The lowest BCUT2D eigenvalue weighted by atomic mass is 10.0. The molecule has 0 fully saturated rings. The molecule has 2 aromatic carbocycles. The summed E-state index contributed by atoms with van der Waals surface area (Å²) >= 11 is 0. The van der Waals surface area contributed by atoms with Crippen LogP contribution in [0.4, 0.5) is 5.69 Å². The number of rotatable bonds is 5. The molecular formula is C20H20N2O6. The molecule has 0 aliphatic carbocycles. The molecule has 8 heteroatoms. The summed E-state index contributed by atoms with van der Waals surface area (Å²) in [5.41, 5.74) is 1.96. The second-order valence-corrected chi connectivity index (χ2v) is 6.25. The highest BCUT2D eigenvalue weighted by molar-refractivity contribution is 6.07. The second kappa shape index (κ2) is 7.67. The summed E-state index contributed by atoms with van der Waals surface area (Å²) in [5, 5.41) is 6.91. The van der Waals surface area contributed by atoms with E-state index in [1.165, 1.54) is 0 Å². The van der Waals surface area contributed by atoms with Crippen molar-refractivity contribution in [2.75, 3.05) is 32.8 Å². The van der Waals surface area contributed by atoms with Gasteiger partial charge in [-0.15, -0.1) is 0 Å². The maximum Gasteiger partial charge on any atom is 0.268 e. The average molecular weight is 384 g/mol. The summed E-state index contributed by atoms with van der Waals surface area (Å²) in [6.45, 7) is 0.998. The van der Waals surface area contributed by atoms with E-state index < -0.39 is 6.10 Å². The quantitative estimate of drug-likeness (QED) is 0.853. The normalized spacial score (nSPS) is 17.4. The van der Waals surface area contributed by atoms with Gasteiger partial charge in [-0.2, -0.15) is 0 Å². The van der Waals surface area contributed by atoms with Crippen LogP contribution >= 0.6 is 0 Å². The minimum Gasteiger partial charge on any atom is -0.497 e. The number of nitrogens with zero attached hydrogens (tertiary/aromatic N) is 1. The lowest BCUT2D eigenvalue weighted by Gasteiger charge is -2.19. The molecule has 0 bridgehead atoms. The molecule has 2 aromatic rings. The van der Waals surface area contributed by atoms with Crippen molar-refractivity contribution < 1.29 is 28.6 Å². The highest BCUT2D eigenvalue weighted by Crippen LogP contribution is 2.33. The molecular weight excluding hydrogens is 364 g/mol. The third-order valence-corrected chi connectivity index (χ3v) is 4.49. The van der Waals surface area contributed by atoms with Gasteiger partial charge >= 0.3 is 0 Å². The molecule has 1 N–H and O–H groups in total. The molecule has 1 amide bonds. The maximum atomic E-state index is 12.6. The number of carbonyl (C=O) groups excluding carboxylic acids is 1. The van der Waals surface area contributed by atoms with Crippen molar-refractivity contribution in [2.45, 2.75) is 12.5 Å². The van der Waals surface area contributed by atoms with Crippen molar-refractivity contribution in [3.8, 4) is 23.0 Å². The van der Waals surface area contributed by atoms with Crippen LogP contribution in [0, 0.1) is 0 Å². The summed E-state index contributed by atoms with van der Waals surface area (Å²) in [6.07, 6.45) is -0.418. The summed E-state index contributed by atoms with van der Waals surface area (Å²) in [6, 6.07) is 10.6. The van der Waals surface area contributed by atoms with E-state index in [0.717, 1.165) is 5.56 Å². The van der Waals surface area contributed by atoms with Crippen molar-refractivity contribution in [1.29, 1.82) is 0 Å². The van der Waals surface area contributed by atoms with Crippen molar-refractivity contribution >= 4 is 17.3 Å². The van der Waals surface area contributed by atoms with Gasteiger partial charge in [-0.1, -0.05) is 5.16 Å². The molecule has 4 rings (SSSR count). The molecule has 2 aliphatic heterocycles. The van der Waals surface area contributed by atoms with Gasteiger partial charge in [-0.3, -0.25) is 4.79 Å². The van der Waals surface area contributed by atoms with Crippen LogP contribution in [0.25, 0.3) is 0 Å². The molecule has 0 radical (unpaired) electrons. The van der Waals surface area contributed by atoms with Gasteiger partial charge in [0.1, 0.15) is 24.7 Å². The predicted molar refractivity (Wildman–Crippen MR) is 102 cm³/mol. The Morgan fingerprint density at radius 2 is 1.89 bits per heavy atom. The first kappa shape index (κ1) is 18.0. The first-order chi connectivity index (χ1) is 13.7. The molecule has 2 heterocycles. The van der Waals surface area contributed by atoms with E-state index in [0.29, 0.717) is 54.0 Å². The largest absolute Gasteiger partial charge is 0.497 e. The van der Waals surface area contributed by atoms with Crippen LogP contribution in [0.1, 0.15) is 12.0 Å². The Hall–Kier alpha value is -3.42. The Balaban J connectivity index is 1.44. The number of benzene rings is 2. The maximum absolute atomic E-state index is 12.6. The van der Waals surface area contributed by atoms with Gasteiger partial charge in [-0.05, 0) is 30.3 Å². The van der Waals surface area contributed by atoms with Gasteiger partial charge in [-0.25, -0.2) is 0 Å². The SMILES string of the molecule is COc1ccc(OC)c(C2=NO[C@@H](C(=O)Nc3ccc4c(c3)OCCO4)C2)c1. The van der Waals surface area contributed by atoms with E-state index in [1.54, 1.807) is 44.6 Å². The smallest absolute Gasteiger partial charge is 0.268 e. The number of fused-ring (bicyclic) bond motifs is 1. The Kier molecular flexibility index (Phi) is 4.92. The lowest BCUT2D eigenvalue weighted by Crippen LogP contribution is -2.28. The molecule has 28 heavy (non-hydrogen) atoms. The van der Waals surface area contributed by atoms with Crippen molar-refractivity contribution in [3.63, 3.8) is 0 Å². The van der Waals surface area contributed by atoms with Gasteiger partial charge in [0.25, 0.3) is 5.91 Å². The first-order valence-electron chi connectivity index (χ1n) is 8.83. The number of amides is 1. The Labute approximate surface area is 162 Å². The second-order valence-electron chi connectivity index (χ2n) is 6.25. The fourth-order valence-electron chi connectivity index (χ4n) is 3.06. The zero-order valence-electron chi connectivity index (χ0n) is 15.6. The van der Waals surface area contributed by atoms with Crippen LogP contribution in [-0.4, -0.2) is 45.2 Å². The van der Waals surface area contributed by atoms with E-state index in [4.69, 9.17) is 23.8 Å².